The first-order valence-corrected chi connectivity index (χ1v) is 10.8. The van der Waals surface area contributed by atoms with Gasteiger partial charge >= 0.3 is 0 Å². The molecule has 0 atom stereocenters. The second-order valence-electron chi connectivity index (χ2n) is 7.70. The highest BCUT2D eigenvalue weighted by Crippen LogP contribution is 2.34. The minimum atomic E-state index is 0.0115. The molecule has 0 aliphatic heterocycles. The zero-order chi connectivity index (χ0) is 20.0. The summed E-state index contributed by atoms with van der Waals surface area (Å²) in [7, 11) is 0. The zero-order valence-electron chi connectivity index (χ0n) is 16.4. The van der Waals surface area contributed by atoms with Gasteiger partial charge in [0.1, 0.15) is 5.76 Å². The number of amides is 1. The molecule has 5 rings (SSSR count). The molecule has 4 aromatic heterocycles. The third-order valence-corrected chi connectivity index (χ3v) is 6.11. The third-order valence-electron chi connectivity index (χ3n) is 5.21. The van der Waals surface area contributed by atoms with Gasteiger partial charge in [0, 0.05) is 12.1 Å². The Bertz CT molecular complexity index is 1140. The van der Waals surface area contributed by atoms with Crippen LogP contribution in [0.15, 0.2) is 52.6 Å². The second kappa shape index (κ2) is 7.15. The molecule has 7 heteroatoms. The average molecular weight is 407 g/mol. The topological polar surface area (TPSA) is 64.2 Å². The molecule has 1 saturated carbocycles. The van der Waals surface area contributed by atoms with Crippen molar-refractivity contribution >= 4 is 28.3 Å². The number of nitrogens with zero attached hydrogens (tertiary/aromatic N) is 4. The van der Waals surface area contributed by atoms with Crippen molar-refractivity contribution in [2.45, 2.75) is 45.3 Å². The number of carbonyl (C=O) groups is 1. The molecule has 0 unspecified atom stereocenters. The molecule has 1 aliphatic rings. The van der Waals surface area contributed by atoms with Crippen LogP contribution in [-0.2, 0) is 6.54 Å². The van der Waals surface area contributed by atoms with E-state index in [1.54, 1.807) is 23.8 Å². The number of fused-ring (bicyclic) bond motifs is 1. The maximum absolute atomic E-state index is 13.7. The van der Waals surface area contributed by atoms with Gasteiger partial charge in [0.25, 0.3) is 5.91 Å². The van der Waals surface area contributed by atoms with Crippen LogP contribution < -0.4 is 0 Å². The summed E-state index contributed by atoms with van der Waals surface area (Å²) in [6.45, 7) is 4.62. The maximum atomic E-state index is 13.7. The van der Waals surface area contributed by atoms with E-state index in [1.165, 1.54) is 0 Å². The van der Waals surface area contributed by atoms with Gasteiger partial charge in [-0.05, 0) is 56.3 Å². The molecule has 1 amide bonds. The lowest BCUT2D eigenvalue weighted by Crippen LogP contribution is -2.32. The van der Waals surface area contributed by atoms with E-state index in [1.807, 2.05) is 45.3 Å². The fourth-order valence-electron chi connectivity index (χ4n) is 3.60. The van der Waals surface area contributed by atoms with E-state index in [9.17, 15) is 4.79 Å². The van der Waals surface area contributed by atoms with Crippen LogP contribution in [0.25, 0.3) is 21.6 Å². The van der Waals surface area contributed by atoms with Crippen molar-refractivity contribution in [1.82, 2.24) is 19.7 Å². The van der Waals surface area contributed by atoms with Gasteiger partial charge in [-0.25, -0.2) is 9.67 Å². The van der Waals surface area contributed by atoms with Crippen LogP contribution in [0.3, 0.4) is 0 Å². The van der Waals surface area contributed by atoms with E-state index in [-0.39, 0.29) is 18.0 Å². The molecule has 0 radical (unpaired) electrons. The molecular formula is C22H22N4O2S. The molecule has 0 N–H and O–H groups in total. The number of carbonyl (C=O) groups excluding carboxylic acids is 1. The summed E-state index contributed by atoms with van der Waals surface area (Å²) in [6.07, 6.45) is 5.48. The number of pyridine rings is 1. The van der Waals surface area contributed by atoms with Crippen LogP contribution in [0.4, 0.5) is 0 Å². The lowest BCUT2D eigenvalue weighted by Gasteiger charge is -2.22. The van der Waals surface area contributed by atoms with Gasteiger partial charge in [0.2, 0.25) is 0 Å². The zero-order valence-corrected chi connectivity index (χ0v) is 17.2. The summed E-state index contributed by atoms with van der Waals surface area (Å²) in [4.78, 5) is 21.5. The molecule has 148 valence electrons. The van der Waals surface area contributed by atoms with Gasteiger partial charge in [-0.2, -0.15) is 5.10 Å². The maximum Gasteiger partial charge on any atom is 0.255 e. The van der Waals surface area contributed by atoms with Crippen LogP contribution in [0.1, 0.15) is 48.8 Å². The first-order valence-electron chi connectivity index (χ1n) is 9.87. The minimum Gasteiger partial charge on any atom is -0.467 e. The van der Waals surface area contributed by atoms with Crippen molar-refractivity contribution < 1.29 is 9.21 Å². The molecule has 4 aromatic rings. The molecule has 1 aliphatic carbocycles. The van der Waals surface area contributed by atoms with Gasteiger partial charge < -0.3 is 9.32 Å². The van der Waals surface area contributed by atoms with Crippen molar-refractivity contribution in [3.05, 3.63) is 59.5 Å². The van der Waals surface area contributed by atoms with Crippen molar-refractivity contribution in [3.63, 3.8) is 0 Å². The Kier molecular flexibility index (Phi) is 4.47. The van der Waals surface area contributed by atoms with Crippen molar-refractivity contribution in [2.24, 2.45) is 0 Å². The normalized spacial score (nSPS) is 14.0. The predicted molar refractivity (Wildman–Crippen MR) is 113 cm³/mol. The van der Waals surface area contributed by atoms with Crippen LogP contribution >= 0.6 is 11.3 Å². The van der Waals surface area contributed by atoms with Gasteiger partial charge in [0.15, 0.2) is 5.65 Å². The Morgan fingerprint density at radius 2 is 2.21 bits per heavy atom. The summed E-state index contributed by atoms with van der Waals surface area (Å²) < 4.78 is 7.40. The summed E-state index contributed by atoms with van der Waals surface area (Å²) in [5.74, 6) is 0.810. The van der Waals surface area contributed by atoms with E-state index in [0.29, 0.717) is 12.1 Å². The highest BCUT2D eigenvalue weighted by Gasteiger charge is 2.35. The number of hydrogen-bond donors (Lipinski definition) is 0. The third kappa shape index (κ3) is 3.35. The molecule has 0 bridgehead atoms. The fraction of sp³-hybridized carbons (Fsp3) is 0.318. The van der Waals surface area contributed by atoms with Gasteiger partial charge in [-0.3, -0.25) is 4.79 Å². The number of rotatable bonds is 6. The molecule has 1 fully saturated rings. The predicted octanol–water partition coefficient (Wildman–Crippen LogP) is 5.14. The van der Waals surface area contributed by atoms with E-state index < -0.39 is 0 Å². The largest absolute Gasteiger partial charge is 0.467 e. The average Bonchev–Trinajstić information content (AvgIpc) is 3.14. The van der Waals surface area contributed by atoms with E-state index in [0.717, 1.165) is 40.2 Å². The second-order valence-corrected chi connectivity index (χ2v) is 8.64. The van der Waals surface area contributed by atoms with E-state index in [4.69, 9.17) is 9.40 Å². The van der Waals surface area contributed by atoms with Gasteiger partial charge in [0.05, 0.1) is 40.5 Å². The molecule has 6 nitrogen and oxygen atoms in total. The fourth-order valence-corrected chi connectivity index (χ4v) is 4.29. The monoisotopic (exact) mass is 406 g/mol. The van der Waals surface area contributed by atoms with Crippen molar-refractivity contribution in [2.75, 3.05) is 0 Å². The smallest absolute Gasteiger partial charge is 0.255 e. The lowest BCUT2D eigenvalue weighted by atomic mass is 10.1. The van der Waals surface area contributed by atoms with Crippen molar-refractivity contribution in [3.8, 4) is 10.6 Å². The highest BCUT2D eigenvalue weighted by molar-refractivity contribution is 7.13. The molecule has 0 spiro atoms. The van der Waals surface area contributed by atoms with Crippen molar-refractivity contribution in [1.29, 1.82) is 0 Å². The van der Waals surface area contributed by atoms with Crippen LogP contribution in [0, 0.1) is 0 Å². The molecular weight excluding hydrogens is 384 g/mol. The Balaban J connectivity index is 1.63. The van der Waals surface area contributed by atoms with Crippen LogP contribution in [-0.4, -0.2) is 31.6 Å². The summed E-state index contributed by atoms with van der Waals surface area (Å²) in [5.41, 5.74) is 2.22. The minimum absolute atomic E-state index is 0.0115. The first-order chi connectivity index (χ1) is 14.1. The number of furan rings is 1. The highest BCUT2D eigenvalue weighted by atomic mass is 32.1. The first kappa shape index (κ1) is 18.1. The van der Waals surface area contributed by atoms with E-state index in [2.05, 4.69) is 18.9 Å². The SMILES string of the molecule is CC(C)n1ncc2c(C(=O)N(Cc3ccco3)C3CC3)cc(-c3cccs3)nc21. The number of hydrogen-bond acceptors (Lipinski definition) is 5. The number of thiophene rings is 1. The molecule has 0 aromatic carbocycles. The Labute approximate surface area is 172 Å². The Hall–Kier alpha value is -2.93. The lowest BCUT2D eigenvalue weighted by molar-refractivity contribution is 0.0719. The summed E-state index contributed by atoms with van der Waals surface area (Å²) in [5, 5.41) is 7.35. The number of aromatic nitrogens is 3. The molecule has 0 saturated heterocycles. The summed E-state index contributed by atoms with van der Waals surface area (Å²) in [6, 6.07) is 10.1. The Morgan fingerprint density at radius 3 is 2.86 bits per heavy atom. The summed E-state index contributed by atoms with van der Waals surface area (Å²) >= 11 is 1.62. The molecule has 4 heterocycles. The standard InChI is InChI=1S/C22H22N4O2S/c1-14(2)26-21-18(12-23-26)17(11-19(24-21)20-6-4-10-29-20)22(27)25(15-7-8-15)13-16-5-3-9-28-16/h3-6,9-12,14-15H,7-8,13H2,1-2H3. The van der Waals surface area contributed by atoms with E-state index >= 15 is 0 Å². The van der Waals surface area contributed by atoms with Gasteiger partial charge in [-0.1, -0.05) is 6.07 Å². The van der Waals surface area contributed by atoms with Crippen LogP contribution in [0.2, 0.25) is 0 Å². The van der Waals surface area contributed by atoms with Gasteiger partial charge in [-0.15, -0.1) is 11.3 Å². The molecule has 29 heavy (non-hydrogen) atoms. The quantitative estimate of drug-likeness (QED) is 0.445. The Morgan fingerprint density at radius 1 is 1.34 bits per heavy atom. The van der Waals surface area contributed by atoms with Crippen LogP contribution in [0.5, 0.6) is 0 Å².